The van der Waals surface area contributed by atoms with Crippen LogP contribution < -0.4 is 10.2 Å². The minimum Gasteiger partial charge on any atom is -0.369 e. The number of anilines is 1. The van der Waals surface area contributed by atoms with E-state index in [4.69, 9.17) is 4.52 Å². The van der Waals surface area contributed by atoms with Gasteiger partial charge in [0, 0.05) is 43.5 Å². The maximum atomic E-state index is 13.8. The van der Waals surface area contributed by atoms with Crippen molar-refractivity contribution in [3.63, 3.8) is 0 Å². The van der Waals surface area contributed by atoms with Gasteiger partial charge in [-0.25, -0.2) is 4.39 Å². The van der Waals surface area contributed by atoms with Crippen molar-refractivity contribution in [3.05, 3.63) is 72.2 Å². The van der Waals surface area contributed by atoms with E-state index in [2.05, 4.69) is 50.6 Å². The standard InChI is InChI=1S/C23H27FN4O/c24-22-10-5-4-9-21(22)23-17-20(29-26-23)18-25-11-6-12-27-13-15-28(16-14-27)19-7-2-1-3-8-19/h1-5,7-10,17,25H,6,11-16,18H2. The quantitative estimate of drug-likeness (QED) is 0.589. The van der Waals surface area contributed by atoms with Gasteiger partial charge in [-0.2, -0.15) is 0 Å². The van der Waals surface area contributed by atoms with Crippen molar-refractivity contribution in [2.24, 2.45) is 0 Å². The predicted octanol–water partition coefficient (Wildman–Crippen LogP) is 3.78. The monoisotopic (exact) mass is 394 g/mol. The fourth-order valence-electron chi connectivity index (χ4n) is 3.70. The summed E-state index contributed by atoms with van der Waals surface area (Å²) >= 11 is 0. The molecule has 0 radical (unpaired) electrons. The first-order valence-corrected chi connectivity index (χ1v) is 10.2. The van der Waals surface area contributed by atoms with Gasteiger partial charge in [0.25, 0.3) is 0 Å². The summed E-state index contributed by atoms with van der Waals surface area (Å²) in [5.41, 5.74) is 2.32. The summed E-state index contributed by atoms with van der Waals surface area (Å²) in [5.74, 6) is 0.437. The first kappa shape index (κ1) is 19.6. The van der Waals surface area contributed by atoms with Crippen LogP contribution in [0.1, 0.15) is 12.2 Å². The highest BCUT2D eigenvalue weighted by Crippen LogP contribution is 2.22. The minimum atomic E-state index is -0.285. The summed E-state index contributed by atoms with van der Waals surface area (Å²) in [6.07, 6.45) is 1.08. The highest BCUT2D eigenvalue weighted by atomic mass is 19.1. The van der Waals surface area contributed by atoms with Crippen LogP contribution in [0.4, 0.5) is 10.1 Å². The van der Waals surface area contributed by atoms with E-state index in [-0.39, 0.29) is 5.82 Å². The number of piperazine rings is 1. The number of rotatable bonds is 8. The van der Waals surface area contributed by atoms with Crippen LogP contribution in [0.5, 0.6) is 0 Å². The van der Waals surface area contributed by atoms with Crippen molar-refractivity contribution in [3.8, 4) is 11.3 Å². The molecule has 1 fully saturated rings. The Morgan fingerprint density at radius 1 is 0.966 bits per heavy atom. The van der Waals surface area contributed by atoms with Crippen LogP contribution in [-0.4, -0.2) is 49.3 Å². The zero-order valence-corrected chi connectivity index (χ0v) is 16.6. The van der Waals surface area contributed by atoms with Gasteiger partial charge in [-0.15, -0.1) is 0 Å². The molecule has 1 aromatic heterocycles. The van der Waals surface area contributed by atoms with E-state index < -0.39 is 0 Å². The number of nitrogens with zero attached hydrogens (tertiary/aromatic N) is 3. The van der Waals surface area contributed by atoms with Gasteiger partial charge in [0.15, 0.2) is 5.76 Å². The van der Waals surface area contributed by atoms with Crippen molar-refractivity contribution < 1.29 is 8.91 Å². The van der Waals surface area contributed by atoms with Gasteiger partial charge in [0.1, 0.15) is 11.5 Å². The third-order valence-corrected chi connectivity index (χ3v) is 5.33. The topological polar surface area (TPSA) is 44.5 Å². The SMILES string of the molecule is Fc1ccccc1-c1cc(CNCCCN2CCN(c3ccccc3)CC2)on1. The molecule has 1 aliphatic heterocycles. The molecule has 2 aromatic carbocycles. The number of hydrogen-bond acceptors (Lipinski definition) is 5. The molecule has 3 aromatic rings. The van der Waals surface area contributed by atoms with Crippen LogP contribution in [0, 0.1) is 5.82 Å². The molecule has 0 spiro atoms. The molecule has 2 heterocycles. The Morgan fingerprint density at radius 2 is 1.72 bits per heavy atom. The normalized spacial score (nSPS) is 15.0. The van der Waals surface area contributed by atoms with E-state index in [1.807, 2.05) is 0 Å². The number of para-hydroxylation sites is 1. The minimum absolute atomic E-state index is 0.285. The number of benzene rings is 2. The molecule has 0 bridgehead atoms. The molecule has 0 unspecified atom stereocenters. The molecule has 6 heteroatoms. The Kier molecular flexibility index (Phi) is 6.54. The summed E-state index contributed by atoms with van der Waals surface area (Å²) in [4.78, 5) is 4.97. The largest absolute Gasteiger partial charge is 0.369 e. The number of halogens is 1. The fraction of sp³-hybridized carbons (Fsp3) is 0.348. The summed E-state index contributed by atoms with van der Waals surface area (Å²) < 4.78 is 19.2. The van der Waals surface area contributed by atoms with Crippen molar-refractivity contribution in [2.45, 2.75) is 13.0 Å². The fourth-order valence-corrected chi connectivity index (χ4v) is 3.70. The maximum absolute atomic E-state index is 13.8. The first-order valence-electron chi connectivity index (χ1n) is 10.2. The van der Waals surface area contributed by atoms with Crippen molar-refractivity contribution in [2.75, 3.05) is 44.2 Å². The number of hydrogen-bond donors (Lipinski definition) is 1. The van der Waals surface area contributed by atoms with Crippen LogP contribution in [0.25, 0.3) is 11.3 Å². The summed E-state index contributed by atoms with van der Waals surface area (Å²) in [5, 5.41) is 7.37. The Morgan fingerprint density at radius 3 is 2.52 bits per heavy atom. The van der Waals surface area contributed by atoms with Gasteiger partial charge < -0.3 is 14.7 Å². The molecule has 0 amide bonds. The molecule has 0 atom stereocenters. The second-order valence-corrected chi connectivity index (χ2v) is 7.35. The average Bonchev–Trinajstić information content (AvgIpc) is 3.23. The molecule has 29 heavy (non-hydrogen) atoms. The summed E-state index contributed by atoms with van der Waals surface area (Å²) in [6.45, 7) is 6.96. The highest BCUT2D eigenvalue weighted by Gasteiger charge is 2.16. The Balaban J connectivity index is 1.14. The van der Waals surface area contributed by atoms with Crippen LogP contribution in [-0.2, 0) is 6.54 Å². The van der Waals surface area contributed by atoms with Crippen LogP contribution >= 0.6 is 0 Å². The number of aromatic nitrogens is 1. The lowest BCUT2D eigenvalue weighted by molar-refractivity contribution is 0.253. The molecular formula is C23H27FN4O. The van der Waals surface area contributed by atoms with E-state index in [0.29, 0.717) is 17.8 Å². The van der Waals surface area contributed by atoms with E-state index >= 15 is 0 Å². The maximum Gasteiger partial charge on any atom is 0.151 e. The number of nitrogens with one attached hydrogen (secondary N) is 1. The Labute approximate surface area is 171 Å². The smallest absolute Gasteiger partial charge is 0.151 e. The summed E-state index contributed by atoms with van der Waals surface area (Å²) in [7, 11) is 0. The third kappa shape index (κ3) is 5.22. The molecule has 152 valence electrons. The van der Waals surface area contributed by atoms with Crippen molar-refractivity contribution in [1.82, 2.24) is 15.4 Å². The molecule has 0 saturated carbocycles. The van der Waals surface area contributed by atoms with Crippen LogP contribution in [0.2, 0.25) is 0 Å². The molecule has 0 aliphatic carbocycles. The molecular weight excluding hydrogens is 367 g/mol. The van der Waals surface area contributed by atoms with Gasteiger partial charge in [0.05, 0.1) is 6.54 Å². The van der Waals surface area contributed by atoms with E-state index in [1.165, 1.54) is 11.8 Å². The second-order valence-electron chi connectivity index (χ2n) is 7.35. The van der Waals surface area contributed by atoms with Gasteiger partial charge in [-0.05, 0) is 43.8 Å². The van der Waals surface area contributed by atoms with Gasteiger partial charge >= 0.3 is 0 Å². The van der Waals surface area contributed by atoms with Crippen molar-refractivity contribution >= 4 is 5.69 Å². The van der Waals surface area contributed by atoms with Crippen molar-refractivity contribution in [1.29, 1.82) is 0 Å². The van der Waals surface area contributed by atoms with E-state index in [1.54, 1.807) is 24.3 Å². The zero-order valence-electron chi connectivity index (χ0n) is 16.6. The second kappa shape index (κ2) is 9.67. The molecule has 4 rings (SSSR count). The lowest BCUT2D eigenvalue weighted by Gasteiger charge is -2.36. The summed E-state index contributed by atoms with van der Waals surface area (Å²) in [6, 6.07) is 19.0. The molecule has 5 nitrogen and oxygen atoms in total. The highest BCUT2D eigenvalue weighted by molar-refractivity contribution is 5.59. The zero-order chi connectivity index (χ0) is 19.9. The molecule has 1 aliphatic rings. The lowest BCUT2D eigenvalue weighted by atomic mass is 10.1. The van der Waals surface area contributed by atoms with Gasteiger partial charge in [-0.3, -0.25) is 4.90 Å². The predicted molar refractivity (Wildman–Crippen MR) is 113 cm³/mol. The van der Waals surface area contributed by atoms with Crippen LogP contribution in [0.15, 0.2) is 65.2 Å². The van der Waals surface area contributed by atoms with E-state index in [0.717, 1.165) is 51.4 Å². The lowest BCUT2D eigenvalue weighted by Crippen LogP contribution is -2.46. The van der Waals surface area contributed by atoms with Gasteiger partial charge in [-0.1, -0.05) is 35.5 Å². The first-order chi connectivity index (χ1) is 14.3. The molecule has 1 N–H and O–H groups in total. The van der Waals surface area contributed by atoms with Gasteiger partial charge in [0.2, 0.25) is 0 Å². The van der Waals surface area contributed by atoms with Crippen LogP contribution in [0.3, 0.4) is 0 Å². The average molecular weight is 394 g/mol. The molecule has 1 saturated heterocycles. The Bertz CT molecular complexity index is 891. The third-order valence-electron chi connectivity index (χ3n) is 5.33. The Hall–Kier alpha value is -2.70. The van der Waals surface area contributed by atoms with E-state index in [9.17, 15) is 4.39 Å².